The molecule has 1 fully saturated rings. The maximum Gasteiger partial charge on any atom is 0.412 e. The minimum atomic E-state index is -4.73. The van der Waals surface area contributed by atoms with Gasteiger partial charge in [0.2, 0.25) is 0 Å². The Morgan fingerprint density at radius 3 is 2.17 bits per heavy atom. The van der Waals surface area contributed by atoms with Crippen LogP contribution >= 0.6 is 0 Å². The zero-order chi connectivity index (χ0) is 14.4. The summed E-state index contributed by atoms with van der Waals surface area (Å²) in [6.07, 6.45) is -8.06. The van der Waals surface area contributed by atoms with Crippen LogP contribution < -0.4 is 0 Å². The van der Waals surface area contributed by atoms with E-state index in [9.17, 15) is 23.1 Å². The van der Waals surface area contributed by atoms with Crippen molar-refractivity contribution in [2.45, 2.75) is 51.4 Å². The van der Waals surface area contributed by atoms with Crippen molar-refractivity contribution in [2.24, 2.45) is 5.41 Å². The van der Waals surface area contributed by atoms with Gasteiger partial charge in [0.25, 0.3) is 0 Å². The molecule has 1 aliphatic rings. The Morgan fingerprint density at radius 2 is 1.83 bits per heavy atom. The Balaban J connectivity index is 3.39. The van der Waals surface area contributed by atoms with Crippen molar-refractivity contribution in [3.8, 4) is 0 Å². The topological polar surface area (TPSA) is 60.8 Å². The molecule has 0 aliphatic carbocycles. The van der Waals surface area contributed by atoms with Crippen LogP contribution in [0.15, 0.2) is 0 Å². The molecule has 1 saturated heterocycles. The first-order valence-electron chi connectivity index (χ1n) is 5.69. The van der Waals surface area contributed by atoms with Crippen molar-refractivity contribution < 1.29 is 28.2 Å². The van der Waals surface area contributed by atoms with Gasteiger partial charge < -0.3 is 10.2 Å². The molecule has 18 heavy (non-hydrogen) atoms. The number of aliphatic hydroxyl groups is 1. The van der Waals surface area contributed by atoms with Crippen LogP contribution in [0.4, 0.5) is 18.0 Å². The number of nitrogens with zero attached hydrogens (tertiary/aromatic N) is 1. The molecule has 0 aromatic heterocycles. The normalized spacial score (nSPS) is 30.4. The van der Waals surface area contributed by atoms with Gasteiger partial charge in [-0.3, -0.25) is 4.90 Å². The van der Waals surface area contributed by atoms with Crippen molar-refractivity contribution in [3.05, 3.63) is 0 Å². The summed E-state index contributed by atoms with van der Waals surface area (Å²) in [5.74, 6) is 0. The monoisotopic (exact) mass is 269 g/mol. The number of carbonyl (C=O) groups is 1. The van der Waals surface area contributed by atoms with Crippen molar-refractivity contribution in [3.63, 3.8) is 0 Å². The third kappa shape index (κ3) is 2.15. The highest BCUT2D eigenvalue weighted by atomic mass is 19.4. The standard InChI is InChI=1S/C11H18F3NO3/c1-9(2,3)10(11(12,13)14)6-7(16)4-5-15(10)8(17)18/h7,16H,4-6H2,1-3H3,(H,17,18). The van der Waals surface area contributed by atoms with Gasteiger partial charge in [-0.15, -0.1) is 0 Å². The summed E-state index contributed by atoms with van der Waals surface area (Å²) < 4.78 is 40.4. The fraction of sp³-hybridized carbons (Fsp3) is 0.909. The lowest BCUT2D eigenvalue weighted by Crippen LogP contribution is -2.70. The third-order valence-corrected chi connectivity index (χ3v) is 3.62. The number of alkyl halides is 3. The number of halogens is 3. The largest absolute Gasteiger partial charge is 0.465 e. The molecular weight excluding hydrogens is 251 g/mol. The van der Waals surface area contributed by atoms with Crippen LogP contribution in [-0.4, -0.2) is 45.6 Å². The second kappa shape index (κ2) is 4.29. The van der Waals surface area contributed by atoms with Crippen molar-refractivity contribution in [2.75, 3.05) is 6.54 Å². The lowest BCUT2D eigenvalue weighted by molar-refractivity contribution is -0.274. The van der Waals surface area contributed by atoms with E-state index in [1.165, 1.54) is 20.8 Å². The van der Waals surface area contributed by atoms with Gasteiger partial charge in [0.1, 0.15) is 5.54 Å². The molecule has 0 aromatic rings. The number of likely N-dealkylation sites (tertiary alicyclic amines) is 1. The Kier molecular flexibility index (Phi) is 3.60. The van der Waals surface area contributed by atoms with E-state index >= 15 is 0 Å². The van der Waals surface area contributed by atoms with E-state index in [-0.39, 0.29) is 13.0 Å². The number of piperidine rings is 1. The van der Waals surface area contributed by atoms with Gasteiger partial charge in [0.15, 0.2) is 0 Å². The molecule has 0 bridgehead atoms. The van der Waals surface area contributed by atoms with E-state index in [1.807, 2.05) is 0 Å². The van der Waals surface area contributed by atoms with Crippen LogP contribution in [0.2, 0.25) is 0 Å². The fourth-order valence-electron chi connectivity index (χ4n) is 2.69. The van der Waals surface area contributed by atoms with Gasteiger partial charge in [0.05, 0.1) is 6.10 Å². The molecule has 1 amide bonds. The third-order valence-electron chi connectivity index (χ3n) is 3.62. The SMILES string of the molecule is CC(C)(C)C1(C(F)(F)F)CC(O)CCN1C(=O)O. The molecule has 0 radical (unpaired) electrons. The quantitative estimate of drug-likeness (QED) is 0.710. The molecule has 2 unspecified atom stereocenters. The zero-order valence-corrected chi connectivity index (χ0v) is 10.6. The van der Waals surface area contributed by atoms with Gasteiger partial charge in [-0.1, -0.05) is 20.8 Å². The number of amides is 1. The van der Waals surface area contributed by atoms with Gasteiger partial charge in [-0.05, 0) is 11.8 Å². The maximum atomic E-state index is 13.5. The molecule has 0 spiro atoms. The second-order valence-corrected chi connectivity index (χ2v) is 5.69. The van der Waals surface area contributed by atoms with Crippen LogP contribution in [-0.2, 0) is 0 Å². The number of rotatable bonds is 0. The van der Waals surface area contributed by atoms with E-state index < -0.39 is 35.7 Å². The van der Waals surface area contributed by atoms with Crippen LogP contribution in [0.3, 0.4) is 0 Å². The maximum absolute atomic E-state index is 13.5. The summed E-state index contributed by atoms with van der Waals surface area (Å²) in [7, 11) is 0. The van der Waals surface area contributed by atoms with Crippen LogP contribution in [0.1, 0.15) is 33.6 Å². The van der Waals surface area contributed by atoms with Crippen LogP contribution in [0.5, 0.6) is 0 Å². The summed E-state index contributed by atoms with van der Waals surface area (Å²) in [6.45, 7) is 3.71. The average molecular weight is 269 g/mol. The van der Waals surface area contributed by atoms with Gasteiger partial charge in [-0.25, -0.2) is 4.79 Å². The zero-order valence-electron chi connectivity index (χ0n) is 10.6. The molecule has 0 aromatic carbocycles. The Morgan fingerprint density at radius 1 is 1.33 bits per heavy atom. The van der Waals surface area contributed by atoms with Crippen LogP contribution in [0.25, 0.3) is 0 Å². The summed E-state index contributed by atoms with van der Waals surface area (Å²) >= 11 is 0. The highest BCUT2D eigenvalue weighted by Crippen LogP contribution is 2.52. The minimum Gasteiger partial charge on any atom is -0.465 e. The Hall–Kier alpha value is -0.980. The first-order valence-corrected chi connectivity index (χ1v) is 5.69. The molecular formula is C11H18F3NO3. The summed E-state index contributed by atoms with van der Waals surface area (Å²) in [4.78, 5) is 11.5. The number of aliphatic hydroxyl groups excluding tert-OH is 1. The van der Waals surface area contributed by atoms with Gasteiger partial charge >= 0.3 is 12.3 Å². The Labute approximate surface area is 103 Å². The highest BCUT2D eigenvalue weighted by Gasteiger charge is 2.67. The number of hydrogen-bond acceptors (Lipinski definition) is 2. The molecule has 2 N–H and O–H groups in total. The van der Waals surface area contributed by atoms with E-state index in [0.717, 1.165) is 0 Å². The fourth-order valence-corrected chi connectivity index (χ4v) is 2.69. The first-order chi connectivity index (χ1) is 7.93. The summed E-state index contributed by atoms with van der Waals surface area (Å²) in [5.41, 5.74) is -3.91. The predicted molar refractivity (Wildman–Crippen MR) is 58.2 cm³/mol. The molecule has 106 valence electrons. The first kappa shape index (κ1) is 15.1. The molecule has 1 rings (SSSR count). The van der Waals surface area contributed by atoms with Crippen molar-refractivity contribution in [1.29, 1.82) is 0 Å². The smallest absolute Gasteiger partial charge is 0.412 e. The Bertz CT molecular complexity index is 321. The second-order valence-electron chi connectivity index (χ2n) is 5.69. The van der Waals surface area contributed by atoms with E-state index in [0.29, 0.717) is 4.90 Å². The molecule has 4 nitrogen and oxygen atoms in total. The molecule has 1 aliphatic heterocycles. The summed E-state index contributed by atoms with van der Waals surface area (Å²) in [6, 6.07) is 0. The molecule has 1 heterocycles. The molecule has 2 atom stereocenters. The average Bonchev–Trinajstić information content (AvgIpc) is 2.13. The van der Waals surface area contributed by atoms with E-state index in [1.54, 1.807) is 0 Å². The van der Waals surface area contributed by atoms with Crippen molar-refractivity contribution in [1.82, 2.24) is 4.90 Å². The summed E-state index contributed by atoms with van der Waals surface area (Å²) in [5, 5.41) is 18.6. The van der Waals surface area contributed by atoms with E-state index in [2.05, 4.69) is 0 Å². The van der Waals surface area contributed by atoms with Crippen molar-refractivity contribution >= 4 is 6.09 Å². The number of carboxylic acid groups (broad SMARTS) is 1. The highest BCUT2D eigenvalue weighted by molar-refractivity contribution is 5.67. The van der Waals surface area contributed by atoms with Gasteiger partial charge in [-0.2, -0.15) is 13.2 Å². The number of hydrogen-bond donors (Lipinski definition) is 2. The lowest BCUT2D eigenvalue weighted by atomic mass is 9.66. The predicted octanol–water partition coefficient (Wildman–Crippen LogP) is 2.47. The molecule has 0 saturated carbocycles. The lowest BCUT2D eigenvalue weighted by Gasteiger charge is -2.54. The minimum absolute atomic E-state index is 0.0280. The van der Waals surface area contributed by atoms with Gasteiger partial charge in [0, 0.05) is 13.0 Å². The van der Waals surface area contributed by atoms with E-state index in [4.69, 9.17) is 5.11 Å². The molecule has 7 heteroatoms. The van der Waals surface area contributed by atoms with Crippen LogP contribution in [0, 0.1) is 5.41 Å².